The molecule has 1 aliphatic rings. The molecular weight excluding hydrogens is 405 g/mol. The zero-order chi connectivity index (χ0) is 19.9. The minimum Gasteiger partial charge on any atom is -0.493 e. The van der Waals surface area contributed by atoms with Crippen LogP contribution in [0.5, 0.6) is 5.75 Å². The Morgan fingerprint density at radius 2 is 1.79 bits per heavy atom. The van der Waals surface area contributed by atoms with Crippen molar-refractivity contribution < 1.29 is 17.9 Å². The zero-order valence-electron chi connectivity index (χ0n) is 16.2. The lowest BCUT2D eigenvalue weighted by atomic mass is 9.86. The molecule has 0 aromatic carbocycles. The second-order valence-electron chi connectivity index (χ2n) is 7.13. The minimum atomic E-state index is -1.54. The van der Waals surface area contributed by atoms with Gasteiger partial charge in [-0.1, -0.05) is 0 Å². The van der Waals surface area contributed by atoms with Crippen LogP contribution in [0.15, 0.2) is 30.6 Å². The van der Waals surface area contributed by atoms with Crippen molar-refractivity contribution in [3.8, 4) is 17.0 Å². The Morgan fingerprint density at radius 3 is 2.41 bits per heavy atom. The zero-order valence-corrected chi connectivity index (χ0v) is 17.0. The maximum atomic E-state index is 15.9. The first-order valence-electron chi connectivity index (χ1n) is 9.25. The molecule has 9 heteroatoms. The number of hydrogen-bond acceptors (Lipinski definition) is 4. The number of halogens is 4. The average molecular weight is 427 g/mol. The topological polar surface area (TPSA) is 42.7 Å². The Kier molecular flexibility index (Phi) is 6.05. The maximum absolute atomic E-state index is 15.9. The predicted octanol–water partition coefficient (Wildman–Crippen LogP) is 4.39. The van der Waals surface area contributed by atoms with Gasteiger partial charge in [0.2, 0.25) is 11.9 Å². The van der Waals surface area contributed by atoms with Gasteiger partial charge >= 0.3 is 0 Å². The van der Waals surface area contributed by atoms with E-state index in [0.29, 0.717) is 55.2 Å². The summed E-state index contributed by atoms with van der Waals surface area (Å²) < 4.78 is 50.4. The van der Waals surface area contributed by atoms with Crippen LogP contribution in [0.3, 0.4) is 0 Å². The monoisotopic (exact) mass is 426 g/mol. The van der Waals surface area contributed by atoms with Crippen molar-refractivity contribution in [3.63, 3.8) is 0 Å². The van der Waals surface area contributed by atoms with E-state index in [2.05, 4.69) is 14.9 Å². The second-order valence-corrected chi connectivity index (χ2v) is 7.13. The first-order valence-corrected chi connectivity index (χ1v) is 9.25. The summed E-state index contributed by atoms with van der Waals surface area (Å²) >= 11 is 0. The summed E-state index contributed by atoms with van der Waals surface area (Å²) in [5.41, 5.74) is 0.141. The van der Waals surface area contributed by atoms with Crippen molar-refractivity contribution in [2.75, 3.05) is 26.7 Å². The van der Waals surface area contributed by atoms with E-state index in [9.17, 15) is 8.78 Å². The van der Waals surface area contributed by atoms with E-state index in [1.165, 1.54) is 6.20 Å². The molecule has 1 saturated heterocycles. The Morgan fingerprint density at radius 1 is 1.14 bits per heavy atom. The summed E-state index contributed by atoms with van der Waals surface area (Å²) in [5.74, 6) is -1.40. The van der Waals surface area contributed by atoms with E-state index < -0.39 is 17.6 Å². The number of alkyl halides is 1. The molecule has 0 radical (unpaired) electrons. The molecule has 4 heterocycles. The van der Waals surface area contributed by atoms with Gasteiger partial charge in [0.1, 0.15) is 17.1 Å². The van der Waals surface area contributed by atoms with Gasteiger partial charge in [-0.3, -0.25) is 4.40 Å². The number of imidazole rings is 1. The molecule has 0 saturated carbocycles. The highest BCUT2D eigenvalue weighted by atomic mass is 35.5. The Labute approximate surface area is 172 Å². The molecule has 0 N–H and O–H groups in total. The molecule has 0 atom stereocenters. The summed E-state index contributed by atoms with van der Waals surface area (Å²) in [7, 11) is 1.97. The number of pyridine rings is 2. The molecular formula is C20H22ClF3N4O. The summed E-state index contributed by atoms with van der Waals surface area (Å²) in [5, 5.41) is 0. The van der Waals surface area contributed by atoms with Gasteiger partial charge in [0.05, 0.1) is 18.5 Å². The molecule has 0 spiro atoms. The van der Waals surface area contributed by atoms with Gasteiger partial charge in [-0.2, -0.15) is 13.8 Å². The first-order chi connectivity index (χ1) is 13.4. The normalized spacial score (nSPS) is 16.6. The minimum absolute atomic E-state index is 0. The van der Waals surface area contributed by atoms with Crippen LogP contribution in [-0.2, 0) is 5.67 Å². The van der Waals surface area contributed by atoms with Crippen molar-refractivity contribution >= 4 is 18.1 Å². The van der Waals surface area contributed by atoms with Crippen LogP contribution in [0.4, 0.5) is 13.2 Å². The van der Waals surface area contributed by atoms with E-state index in [1.807, 2.05) is 14.0 Å². The number of ether oxygens (including phenoxy) is 1. The van der Waals surface area contributed by atoms with Gasteiger partial charge in [-0.15, -0.1) is 12.4 Å². The van der Waals surface area contributed by atoms with Crippen LogP contribution in [0.25, 0.3) is 16.9 Å². The highest BCUT2D eigenvalue weighted by molar-refractivity contribution is 5.85. The molecule has 1 aliphatic heterocycles. The number of piperidine rings is 1. The third-order valence-corrected chi connectivity index (χ3v) is 5.23. The van der Waals surface area contributed by atoms with E-state index in [-0.39, 0.29) is 18.0 Å². The molecule has 0 bridgehead atoms. The lowest BCUT2D eigenvalue weighted by Gasteiger charge is -2.35. The first kappa shape index (κ1) is 21.4. The number of fused-ring (bicyclic) bond motifs is 1. The summed E-state index contributed by atoms with van der Waals surface area (Å²) in [6, 6.07) is 3.93. The van der Waals surface area contributed by atoms with Crippen LogP contribution in [-0.4, -0.2) is 46.0 Å². The highest BCUT2D eigenvalue weighted by Gasteiger charge is 2.38. The van der Waals surface area contributed by atoms with Crippen LogP contribution < -0.4 is 4.74 Å². The summed E-state index contributed by atoms with van der Waals surface area (Å²) in [6.07, 6.45) is 3.84. The van der Waals surface area contributed by atoms with Crippen LogP contribution in [0.2, 0.25) is 0 Å². The number of rotatable bonds is 4. The van der Waals surface area contributed by atoms with E-state index in [4.69, 9.17) is 4.74 Å². The van der Waals surface area contributed by atoms with E-state index in [1.54, 1.807) is 16.7 Å². The molecule has 3 aromatic rings. The van der Waals surface area contributed by atoms with E-state index >= 15 is 4.39 Å². The fourth-order valence-corrected chi connectivity index (χ4v) is 3.69. The second kappa shape index (κ2) is 8.20. The van der Waals surface area contributed by atoms with Crippen molar-refractivity contribution in [3.05, 3.63) is 48.1 Å². The molecule has 4 rings (SSSR count). The molecule has 0 amide bonds. The standard InChI is InChI=1S/C20H21F3N4O.ClH/c1-3-28-16-10-19-24-11-15(13-8-17(21)25-18(22)9-13)27(19)12-14(16)20(23)4-6-26(2)7-5-20;/h8-12H,3-7H2,1-2H3;1H. The molecule has 0 unspecified atom stereocenters. The molecule has 1 fully saturated rings. The smallest absolute Gasteiger partial charge is 0.216 e. The average Bonchev–Trinajstić information content (AvgIpc) is 3.06. The fraction of sp³-hybridized carbons (Fsp3) is 0.400. The van der Waals surface area contributed by atoms with Crippen LogP contribution in [0.1, 0.15) is 25.3 Å². The van der Waals surface area contributed by atoms with Crippen LogP contribution >= 0.6 is 12.4 Å². The Balaban J connectivity index is 0.00000240. The maximum Gasteiger partial charge on any atom is 0.216 e. The number of nitrogens with zero attached hydrogens (tertiary/aromatic N) is 4. The van der Waals surface area contributed by atoms with Gasteiger partial charge in [-0.25, -0.2) is 9.37 Å². The molecule has 156 valence electrons. The third-order valence-electron chi connectivity index (χ3n) is 5.23. The van der Waals surface area contributed by atoms with E-state index in [0.717, 1.165) is 12.1 Å². The Hall–Kier alpha value is -2.32. The SMILES string of the molecule is CCOc1cc2ncc(-c3cc(F)nc(F)c3)n2cc1C1(F)CCN(C)CC1.Cl. The fourth-order valence-electron chi connectivity index (χ4n) is 3.69. The van der Waals surface area contributed by atoms with Gasteiger partial charge in [0.15, 0.2) is 0 Å². The lowest BCUT2D eigenvalue weighted by Crippen LogP contribution is -2.38. The number of hydrogen-bond donors (Lipinski definition) is 0. The quantitative estimate of drug-likeness (QED) is 0.580. The number of likely N-dealkylation sites (tertiary alicyclic amines) is 1. The van der Waals surface area contributed by atoms with Gasteiger partial charge in [0.25, 0.3) is 0 Å². The molecule has 5 nitrogen and oxygen atoms in total. The number of aromatic nitrogens is 3. The lowest BCUT2D eigenvalue weighted by molar-refractivity contribution is 0.0640. The summed E-state index contributed by atoms with van der Waals surface area (Å²) in [6.45, 7) is 3.51. The van der Waals surface area contributed by atoms with Gasteiger partial charge < -0.3 is 9.64 Å². The molecule has 29 heavy (non-hydrogen) atoms. The van der Waals surface area contributed by atoms with Crippen molar-refractivity contribution in [1.82, 2.24) is 19.3 Å². The molecule has 0 aliphatic carbocycles. The predicted molar refractivity (Wildman–Crippen MR) is 106 cm³/mol. The van der Waals surface area contributed by atoms with Crippen molar-refractivity contribution in [2.24, 2.45) is 0 Å². The largest absolute Gasteiger partial charge is 0.493 e. The van der Waals surface area contributed by atoms with Gasteiger partial charge in [0, 0.05) is 48.6 Å². The van der Waals surface area contributed by atoms with Crippen molar-refractivity contribution in [2.45, 2.75) is 25.4 Å². The van der Waals surface area contributed by atoms with Crippen LogP contribution in [0, 0.1) is 11.9 Å². The van der Waals surface area contributed by atoms with Crippen molar-refractivity contribution in [1.29, 1.82) is 0 Å². The highest BCUT2D eigenvalue weighted by Crippen LogP contribution is 2.42. The Bertz CT molecular complexity index is 998. The van der Waals surface area contributed by atoms with Gasteiger partial charge in [-0.05, 0) is 26.8 Å². The summed E-state index contributed by atoms with van der Waals surface area (Å²) in [4.78, 5) is 9.51. The molecule has 3 aromatic heterocycles. The third kappa shape index (κ3) is 4.04.